The van der Waals surface area contributed by atoms with Gasteiger partial charge in [0.2, 0.25) is 15.9 Å². The zero-order valence-electron chi connectivity index (χ0n) is 16.3. The Bertz CT molecular complexity index is 726. The van der Waals surface area contributed by atoms with Crippen molar-refractivity contribution < 1.29 is 13.2 Å². The predicted octanol–water partition coefficient (Wildman–Crippen LogP) is 1.91. The number of piperazine rings is 1. The Morgan fingerprint density at radius 3 is 2.42 bits per heavy atom. The van der Waals surface area contributed by atoms with Crippen LogP contribution in [0.4, 0.5) is 0 Å². The molecule has 1 fully saturated rings. The molecule has 1 aliphatic rings. The molecule has 1 atom stereocenters. The molecule has 146 valence electrons. The number of carbonyl (C=O) groups excluding carboxylic acids is 1. The summed E-state index contributed by atoms with van der Waals surface area (Å²) in [6, 6.07) is 5.59. The summed E-state index contributed by atoms with van der Waals surface area (Å²) in [5.41, 5.74) is 1.83. The highest BCUT2D eigenvalue weighted by molar-refractivity contribution is 7.89. The Morgan fingerprint density at radius 1 is 1.19 bits per heavy atom. The standard InChI is InChI=1S/C19H31N3O3S/c1-5-6-17(4)20-19(23)14-21-9-11-22(12-10-21)26(24,25)18-8-7-15(2)13-16(18)3/h7-8,13,17H,5-6,9-12,14H2,1-4H3,(H,20,23). The van der Waals surface area contributed by atoms with E-state index in [0.29, 0.717) is 37.6 Å². The molecule has 1 aromatic rings. The maximum Gasteiger partial charge on any atom is 0.243 e. The number of aryl methyl sites for hydroxylation is 2. The molecular weight excluding hydrogens is 350 g/mol. The molecule has 0 saturated carbocycles. The van der Waals surface area contributed by atoms with Crippen molar-refractivity contribution in [1.29, 1.82) is 0 Å². The van der Waals surface area contributed by atoms with Crippen molar-refractivity contribution in [2.45, 2.75) is 51.5 Å². The van der Waals surface area contributed by atoms with Gasteiger partial charge in [0.25, 0.3) is 0 Å². The zero-order valence-corrected chi connectivity index (χ0v) is 17.1. The largest absolute Gasteiger partial charge is 0.353 e. The van der Waals surface area contributed by atoms with Gasteiger partial charge in [-0.05, 0) is 38.8 Å². The van der Waals surface area contributed by atoms with Crippen LogP contribution in [0.1, 0.15) is 37.8 Å². The molecule has 6 nitrogen and oxygen atoms in total. The number of nitrogens with one attached hydrogen (secondary N) is 1. The molecule has 26 heavy (non-hydrogen) atoms. The van der Waals surface area contributed by atoms with Crippen LogP contribution >= 0.6 is 0 Å². The van der Waals surface area contributed by atoms with Crippen molar-refractivity contribution in [1.82, 2.24) is 14.5 Å². The molecule has 0 radical (unpaired) electrons. The summed E-state index contributed by atoms with van der Waals surface area (Å²) in [5.74, 6) is 0.0108. The van der Waals surface area contributed by atoms with Crippen molar-refractivity contribution in [2.24, 2.45) is 0 Å². The average Bonchev–Trinajstić information content (AvgIpc) is 2.55. The second-order valence-electron chi connectivity index (χ2n) is 7.21. The van der Waals surface area contributed by atoms with Gasteiger partial charge in [0, 0.05) is 32.2 Å². The normalized spacial score (nSPS) is 17.8. The van der Waals surface area contributed by atoms with Gasteiger partial charge in [-0.2, -0.15) is 4.31 Å². The lowest BCUT2D eigenvalue weighted by atomic mass is 10.2. The van der Waals surface area contributed by atoms with Crippen LogP contribution in [0.5, 0.6) is 0 Å². The fraction of sp³-hybridized carbons (Fsp3) is 0.632. The van der Waals surface area contributed by atoms with Crippen LogP contribution in [0.2, 0.25) is 0 Å². The second-order valence-corrected chi connectivity index (χ2v) is 9.11. The van der Waals surface area contributed by atoms with E-state index in [9.17, 15) is 13.2 Å². The summed E-state index contributed by atoms with van der Waals surface area (Å²) >= 11 is 0. The number of nitrogens with zero attached hydrogens (tertiary/aromatic N) is 2. The number of rotatable bonds is 7. The molecule has 7 heteroatoms. The SMILES string of the molecule is CCCC(C)NC(=O)CN1CCN(S(=O)(=O)c2ccc(C)cc2C)CC1. The van der Waals surface area contributed by atoms with E-state index in [1.807, 2.05) is 37.8 Å². The summed E-state index contributed by atoms with van der Waals surface area (Å²) in [4.78, 5) is 14.5. The Hall–Kier alpha value is -1.44. The van der Waals surface area contributed by atoms with E-state index in [0.717, 1.165) is 24.0 Å². The number of hydrogen-bond donors (Lipinski definition) is 1. The number of amides is 1. The summed E-state index contributed by atoms with van der Waals surface area (Å²) < 4.78 is 27.3. The van der Waals surface area contributed by atoms with Crippen LogP contribution < -0.4 is 5.32 Å². The maximum atomic E-state index is 12.9. The maximum absolute atomic E-state index is 12.9. The second kappa shape index (κ2) is 8.97. The van der Waals surface area contributed by atoms with Crippen LogP contribution in [0.25, 0.3) is 0 Å². The summed E-state index contributed by atoms with van der Waals surface area (Å²) in [7, 11) is -3.48. The van der Waals surface area contributed by atoms with Crippen LogP contribution in [-0.4, -0.2) is 62.3 Å². The van der Waals surface area contributed by atoms with Crippen molar-refractivity contribution in [3.05, 3.63) is 29.3 Å². The third-order valence-corrected chi connectivity index (χ3v) is 6.83. The lowest BCUT2D eigenvalue weighted by Gasteiger charge is -2.34. The number of sulfonamides is 1. The summed E-state index contributed by atoms with van der Waals surface area (Å²) in [6.45, 7) is 10.2. The topological polar surface area (TPSA) is 69.7 Å². The highest BCUT2D eigenvalue weighted by Gasteiger charge is 2.30. The van der Waals surface area contributed by atoms with E-state index >= 15 is 0 Å². The first-order valence-corrected chi connectivity index (χ1v) is 10.8. The molecule has 0 bridgehead atoms. The molecule has 1 aliphatic heterocycles. The van der Waals surface area contributed by atoms with Gasteiger partial charge < -0.3 is 5.32 Å². The van der Waals surface area contributed by atoms with Crippen LogP contribution in [0.15, 0.2) is 23.1 Å². The van der Waals surface area contributed by atoms with E-state index < -0.39 is 10.0 Å². The molecule has 1 unspecified atom stereocenters. The molecule has 1 heterocycles. The minimum atomic E-state index is -3.48. The van der Waals surface area contributed by atoms with Gasteiger partial charge in [-0.3, -0.25) is 9.69 Å². The Labute approximate surface area is 157 Å². The van der Waals surface area contributed by atoms with Gasteiger partial charge in [0.15, 0.2) is 0 Å². The molecule has 1 aromatic carbocycles. The first-order chi connectivity index (χ1) is 12.2. The van der Waals surface area contributed by atoms with E-state index in [1.54, 1.807) is 6.07 Å². The monoisotopic (exact) mass is 381 g/mol. The van der Waals surface area contributed by atoms with Gasteiger partial charge >= 0.3 is 0 Å². The van der Waals surface area contributed by atoms with Gasteiger partial charge in [0.05, 0.1) is 11.4 Å². The fourth-order valence-electron chi connectivity index (χ4n) is 3.38. The van der Waals surface area contributed by atoms with Gasteiger partial charge in [-0.15, -0.1) is 0 Å². The molecule has 1 saturated heterocycles. The lowest BCUT2D eigenvalue weighted by molar-refractivity contribution is -0.123. The summed E-state index contributed by atoms with van der Waals surface area (Å²) in [6.07, 6.45) is 2.00. The highest BCUT2D eigenvalue weighted by Crippen LogP contribution is 2.22. The quantitative estimate of drug-likeness (QED) is 0.783. The first-order valence-electron chi connectivity index (χ1n) is 9.33. The van der Waals surface area contributed by atoms with Crippen LogP contribution in [0, 0.1) is 13.8 Å². The average molecular weight is 382 g/mol. The number of carbonyl (C=O) groups is 1. The molecule has 0 aliphatic carbocycles. The van der Waals surface area contributed by atoms with Gasteiger partial charge in [-0.1, -0.05) is 31.0 Å². The van der Waals surface area contributed by atoms with E-state index in [2.05, 4.69) is 12.2 Å². The number of benzene rings is 1. The Morgan fingerprint density at radius 2 is 1.85 bits per heavy atom. The molecule has 0 spiro atoms. The van der Waals surface area contributed by atoms with E-state index in [-0.39, 0.29) is 11.9 Å². The van der Waals surface area contributed by atoms with Crippen LogP contribution in [0.3, 0.4) is 0 Å². The molecular formula is C19H31N3O3S. The van der Waals surface area contributed by atoms with Gasteiger partial charge in [0.1, 0.15) is 0 Å². The van der Waals surface area contributed by atoms with Crippen molar-refractivity contribution in [2.75, 3.05) is 32.7 Å². The highest BCUT2D eigenvalue weighted by atomic mass is 32.2. The predicted molar refractivity (Wildman–Crippen MR) is 104 cm³/mol. The van der Waals surface area contributed by atoms with Crippen LogP contribution in [-0.2, 0) is 14.8 Å². The van der Waals surface area contributed by atoms with Crippen molar-refractivity contribution >= 4 is 15.9 Å². The smallest absolute Gasteiger partial charge is 0.243 e. The third kappa shape index (κ3) is 5.28. The molecule has 0 aromatic heterocycles. The zero-order chi connectivity index (χ0) is 19.3. The van der Waals surface area contributed by atoms with Crippen molar-refractivity contribution in [3.8, 4) is 0 Å². The summed E-state index contributed by atoms with van der Waals surface area (Å²) in [5, 5.41) is 3.00. The lowest BCUT2D eigenvalue weighted by Crippen LogP contribution is -2.51. The fourth-order valence-corrected chi connectivity index (χ4v) is 5.01. The third-order valence-electron chi connectivity index (χ3n) is 4.78. The number of hydrogen-bond acceptors (Lipinski definition) is 4. The molecule has 1 N–H and O–H groups in total. The first kappa shape index (κ1) is 20.9. The minimum absolute atomic E-state index is 0.0108. The Kier molecular flexibility index (Phi) is 7.20. The van der Waals surface area contributed by atoms with E-state index in [1.165, 1.54) is 4.31 Å². The van der Waals surface area contributed by atoms with E-state index in [4.69, 9.17) is 0 Å². The Balaban J connectivity index is 1.92. The minimum Gasteiger partial charge on any atom is -0.353 e. The van der Waals surface area contributed by atoms with Gasteiger partial charge in [-0.25, -0.2) is 8.42 Å². The molecule has 2 rings (SSSR count). The molecule has 1 amide bonds. The van der Waals surface area contributed by atoms with Crippen molar-refractivity contribution in [3.63, 3.8) is 0 Å².